The monoisotopic (exact) mass is 602 g/mol. The molecule has 11 nitrogen and oxygen atoms in total. The molecular formula is C26H33F3N4O7S. The van der Waals surface area contributed by atoms with Gasteiger partial charge in [0, 0.05) is 46.0 Å². The van der Waals surface area contributed by atoms with Crippen LogP contribution in [0.25, 0.3) is 0 Å². The third-order valence-electron chi connectivity index (χ3n) is 6.40. The van der Waals surface area contributed by atoms with Crippen LogP contribution in [-0.4, -0.2) is 99.3 Å². The predicted molar refractivity (Wildman–Crippen MR) is 146 cm³/mol. The number of sulfonamides is 1. The summed E-state index contributed by atoms with van der Waals surface area (Å²) in [5.41, 5.74) is 3.01. The Balaban J connectivity index is 0.000000745. The van der Waals surface area contributed by atoms with Crippen LogP contribution in [0, 0.1) is 20.8 Å². The van der Waals surface area contributed by atoms with E-state index in [4.69, 9.17) is 9.90 Å². The number of carboxylic acids is 2. The molecule has 1 fully saturated rings. The number of aromatic carboxylic acids is 1. The maximum Gasteiger partial charge on any atom is 0.490 e. The molecule has 0 bridgehead atoms. The lowest BCUT2D eigenvalue weighted by atomic mass is 10.1. The van der Waals surface area contributed by atoms with Crippen molar-refractivity contribution >= 4 is 39.2 Å². The molecule has 0 atom stereocenters. The Bertz CT molecular complexity index is 1400. The van der Waals surface area contributed by atoms with Crippen molar-refractivity contribution in [3.63, 3.8) is 0 Å². The van der Waals surface area contributed by atoms with E-state index in [0.717, 1.165) is 11.1 Å². The molecule has 2 aromatic rings. The summed E-state index contributed by atoms with van der Waals surface area (Å²) in [5.74, 6) is -3.93. The lowest BCUT2D eigenvalue weighted by Crippen LogP contribution is -2.49. The van der Waals surface area contributed by atoms with E-state index in [1.165, 1.54) is 12.1 Å². The molecule has 2 aromatic carbocycles. The average molecular weight is 603 g/mol. The van der Waals surface area contributed by atoms with Crippen molar-refractivity contribution in [2.45, 2.75) is 31.8 Å². The van der Waals surface area contributed by atoms with Gasteiger partial charge < -0.3 is 20.0 Å². The van der Waals surface area contributed by atoms with Crippen LogP contribution < -0.4 is 9.62 Å². The molecule has 1 aliphatic rings. The van der Waals surface area contributed by atoms with Gasteiger partial charge in [-0.25, -0.2) is 18.0 Å². The maximum atomic E-state index is 13.1. The number of piperazine rings is 1. The molecule has 0 saturated carbocycles. The van der Waals surface area contributed by atoms with Crippen LogP contribution in [0.5, 0.6) is 0 Å². The third-order valence-corrected chi connectivity index (χ3v) is 7.90. The lowest BCUT2D eigenvalue weighted by Gasteiger charge is -2.36. The van der Waals surface area contributed by atoms with E-state index in [0.29, 0.717) is 44.0 Å². The van der Waals surface area contributed by atoms with Gasteiger partial charge in [-0.3, -0.25) is 14.4 Å². The Morgan fingerprint density at radius 3 is 1.95 bits per heavy atom. The molecule has 1 amide bonds. The van der Waals surface area contributed by atoms with Gasteiger partial charge in [-0.05, 0) is 61.7 Å². The minimum Gasteiger partial charge on any atom is -0.478 e. The van der Waals surface area contributed by atoms with Crippen molar-refractivity contribution in [1.82, 2.24) is 9.80 Å². The van der Waals surface area contributed by atoms with E-state index >= 15 is 0 Å². The number of hydrogen-bond acceptors (Lipinski definition) is 7. The zero-order valence-electron chi connectivity index (χ0n) is 23.2. The summed E-state index contributed by atoms with van der Waals surface area (Å²) >= 11 is 0. The first-order chi connectivity index (χ1) is 18.8. The number of carboxylic acid groups (broad SMARTS) is 2. The SMILES string of the molecule is Cc1cc(C)c(S(=O)(=O)Nc2ccc(N3CCN(CC(=O)N(C)C)CC3)cc2C(=O)O)cc1C.O=C(O)C(F)(F)F. The molecule has 0 aliphatic carbocycles. The quantitative estimate of drug-likeness (QED) is 0.435. The fourth-order valence-electron chi connectivity index (χ4n) is 3.92. The third kappa shape index (κ3) is 9.08. The second-order valence-electron chi connectivity index (χ2n) is 9.70. The number of nitrogens with zero attached hydrogens (tertiary/aromatic N) is 3. The van der Waals surface area contributed by atoms with Gasteiger partial charge in [-0.15, -0.1) is 0 Å². The topological polar surface area (TPSA) is 148 Å². The number of aryl methyl sites for hydroxylation is 3. The number of aliphatic carboxylic acids is 1. The number of carbonyl (C=O) groups is 3. The van der Waals surface area contributed by atoms with Gasteiger partial charge in [0.2, 0.25) is 5.91 Å². The van der Waals surface area contributed by atoms with E-state index in [1.807, 2.05) is 18.7 Å². The van der Waals surface area contributed by atoms with Gasteiger partial charge in [-0.2, -0.15) is 13.2 Å². The molecule has 0 radical (unpaired) electrons. The van der Waals surface area contributed by atoms with Crippen LogP contribution in [0.3, 0.4) is 0 Å². The maximum absolute atomic E-state index is 13.1. The fourth-order valence-corrected chi connectivity index (χ4v) is 5.31. The van der Waals surface area contributed by atoms with Gasteiger partial charge in [0.1, 0.15) is 0 Å². The molecule has 15 heteroatoms. The van der Waals surface area contributed by atoms with Crippen LogP contribution in [0.15, 0.2) is 35.2 Å². The number of carbonyl (C=O) groups excluding carboxylic acids is 1. The van der Waals surface area contributed by atoms with Gasteiger partial charge in [-0.1, -0.05) is 6.07 Å². The highest BCUT2D eigenvalue weighted by Crippen LogP contribution is 2.28. The molecule has 0 aromatic heterocycles. The van der Waals surface area contributed by atoms with Crippen LogP contribution >= 0.6 is 0 Å². The van der Waals surface area contributed by atoms with Crippen molar-refractivity contribution < 1.29 is 46.2 Å². The number of likely N-dealkylation sites (N-methyl/N-ethyl adjacent to an activating group) is 1. The van der Waals surface area contributed by atoms with Gasteiger partial charge in [0.15, 0.2) is 0 Å². The average Bonchev–Trinajstić information content (AvgIpc) is 2.86. The number of rotatable bonds is 7. The number of amides is 1. The summed E-state index contributed by atoms with van der Waals surface area (Å²) in [6.07, 6.45) is -5.08. The Morgan fingerprint density at radius 1 is 0.927 bits per heavy atom. The summed E-state index contributed by atoms with van der Waals surface area (Å²) in [6, 6.07) is 8.11. The molecule has 0 spiro atoms. The molecule has 1 saturated heterocycles. The van der Waals surface area contributed by atoms with E-state index < -0.39 is 28.1 Å². The highest BCUT2D eigenvalue weighted by atomic mass is 32.2. The largest absolute Gasteiger partial charge is 0.490 e. The van der Waals surface area contributed by atoms with Gasteiger partial charge >= 0.3 is 18.1 Å². The molecule has 1 aliphatic heterocycles. The summed E-state index contributed by atoms with van der Waals surface area (Å²) in [5, 5.41) is 16.9. The van der Waals surface area contributed by atoms with E-state index in [9.17, 15) is 36.3 Å². The first-order valence-corrected chi connectivity index (χ1v) is 13.8. The standard InChI is InChI=1S/C24H32N4O5S.C2HF3O2/c1-16-12-18(3)22(13-17(16)2)34(32,33)25-21-7-6-19(14-20(21)24(30)31)28-10-8-27(9-11-28)15-23(29)26(4)5;3-2(4,5)1(6)7/h6-7,12-14,25H,8-11,15H2,1-5H3,(H,30,31);(H,6,7). The summed E-state index contributed by atoms with van der Waals surface area (Å²) in [4.78, 5) is 38.6. The lowest BCUT2D eigenvalue weighted by molar-refractivity contribution is -0.192. The number of alkyl halides is 3. The van der Waals surface area contributed by atoms with Gasteiger partial charge in [0.25, 0.3) is 10.0 Å². The second kappa shape index (κ2) is 13.2. The minimum atomic E-state index is -5.08. The van der Waals surface area contributed by atoms with Crippen LogP contribution in [0.1, 0.15) is 27.0 Å². The van der Waals surface area contributed by atoms with Crippen molar-refractivity contribution in [3.05, 3.63) is 52.6 Å². The van der Waals surface area contributed by atoms with Crippen LogP contribution in [0.2, 0.25) is 0 Å². The summed E-state index contributed by atoms with van der Waals surface area (Å²) in [6.45, 7) is 8.41. The highest BCUT2D eigenvalue weighted by molar-refractivity contribution is 7.92. The van der Waals surface area contributed by atoms with E-state index in [-0.39, 0.29) is 22.1 Å². The normalized spacial score (nSPS) is 14.1. The Kier molecular flexibility index (Phi) is 10.7. The van der Waals surface area contributed by atoms with Crippen molar-refractivity contribution in [2.75, 3.05) is 56.4 Å². The van der Waals surface area contributed by atoms with Crippen molar-refractivity contribution in [3.8, 4) is 0 Å². The second-order valence-corrected chi connectivity index (χ2v) is 11.3. The van der Waals surface area contributed by atoms with E-state index in [2.05, 4.69) is 9.62 Å². The summed E-state index contributed by atoms with van der Waals surface area (Å²) < 4.78 is 60.3. The zero-order valence-corrected chi connectivity index (χ0v) is 24.1. The predicted octanol–water partition coefficient (Wildman–Crippen LogP) is 2.95. The molecule has 1 heterocycles. The number of halogens is 3. The first kappa shape index (κ1) is 33.4. The molecule has 41 heavy (non-hydrogen) atoms. The number of hydrogen-bond donors (Lipinski definition) is 3. The Hall–Kier alpha value is -3.85. The number of anilines is 2. The van der Waals surface area contributed by atoms with Crippen LogP contribution in [-0.2, 0) is 19.6 Å². The number of nitrogens with one attached hydrogen (secondary N) is 1. The molecule has 3 rings (SSSR count). The fraction of sp³-hybridized carbons (Fsp3) is 0.423. The van der Waals surface area contributed by atoms with Crippen molar-refractivity contribution in [1.29, 1.82) is 0 Å². The zero-order chi connectivity index (χ0) is 31.3. The van der Waals surface area contributed by atoms with E-state index in [1.54, 1.807) is 44.1 Å². The van der Waals surface area contributed by atoms with Crippen LogP contribution in [0.4, 0.5) is 24.5 Å². The summed E-state index contributed by atoms with van der Waals surface area (Å²) in [7, 11) is -0.522. The highest BCUT2D eigenvalue weighted by Gasteiger charge is 2.38. The smallest absolute Gasteiger partial charge is 0.478 e. The van der Waals surface area contributed by atoms with Crippen molar-refractivity contribution in [2.24, 2.45) is 0 Å². The minimum absolute atomic E-state index is 0.0177. The Morgan fingerprint density at radius 2 is 1.46 bits per heavy atom. The Labute approximate surface area is 236 Å². The molecule has 0 unspecified atom stereocenters. The van der Waals surface area contributed by atoms with Gasteiger partial charge in [0.05, 0.1) is 22.7 Å². The molecule has 226 valence electrons. The molecular weight excluding hydrogens is 569 g/mol. The number of benzene rings is 2. The first-order valence-electron chi connectivity index (χ1n) is 12.3. The molecule has 3 N–H and O–H groups in total.